The Hall–Kier alpha value is -3.26. The van der Waals surface area contributed by atoms with Crippen molar-refractivity contribution in [3.8, 4) is 5.75 Å². The Morgan fingerprint density at radius 2 is 1.88 bits per heavy atom. The summed E-state index contributed by atoms with van der Waals surface area (Å²) >= 11 is 6.08. The van der Waals surface area contributed by atoms with Crippen molar-refractivity contribution >= 4 is 46.6 Å². The number of carbonyl (C=O) groups is 3. The van der Waals surface area contributed by atoms with Gasteiger partial charge in [-0.1, -0.05) is 31.5 Å². The molecule has 0 aliphatic carbocycles. The van der Waals surface area contributed by atoms with Gasteiger partial charge in [0.2, 0.25) is 11.8 Å². The van der Waals surface area contributed by atoms with E-state index in [1.165, 1.54) is 12.0 Å². The molecule has 9 heteroatoms. The average Bonchev–Trinajstić information content (AvgIpc) is 3.14. The molecule has 0 spiro atoms. The molecular formula is C23H26ClN3O5. The van der Waals surface area contributed by atoms with Crippen molar-refractivity contribution in [1.82, 2.24) is 0 Å². The van der Waals surface area contributed by atoms with Gasteiger partial charge < -0.3 is 19.7 Å². The molecule has 2 N–H and O–H groups in total. The highest BCUT2D eigenvalue weighted by molar-refractivity contribution is 6.31. The normalized spacial score (nSPS) is 15.6. The zero-order valence-electron chi connectivity index (χ0n) is 18.2. The molecule has 32 heavy (non-hydrogen) atoms. The lowest BCUT2D eigenvalue weighted by Gasteiger charge is -2.20. The first kappa shape index (κ1) is 23.4. The van der Waals surface area contributed by atoms with Crippen LogP contribution in [0.2, 0.25) is 5.02 Å². The van der Waals surface area contributed by atoms with E-state index in [9.17, 15) is 14.4 Å². The third-order valence-electron chi connectivity index (χ3n) is 4.85. The van der Waals surface area contributed by atoms with Crippen LogP contribution in [0.3, 0.4) is 0 Å². The summed E-state index contributed by atoms with van der Waals surface area (Å²) in [6.45, 7) is 4.41. The third-order valence-corrected chi connectivity index (χ3v) is 5.09. The lowest BCUT2D eigenvalue weighted by Crippen LogP contribution is -2.28. The van der Waals surface area contributed by atoms with Crippen LogP contribution < -0.4 is 20.3 Å². The van der Waals surface area contributed by atoms with E-state index in [1.54, 1.807) is 42.5 Å². The second kappa shape index (κ2) is 10.4. The molecule has 1 aliphatic heterocycles. The summed E-state index contributed by atoms with van der Waals surface area (Å²) in [4.78, 5) is 38.8. The third kappa shape index (κ3) is 5.91. The lowest BCUT2D eigenvalue weighted by molar-refractivity contribution is -0.122. The molecule has 8 nitrogen and oxygen atoms in total. The van der Waals surface area contributed by atoms with E-state index in [-0.39, 0.29) is 30.7 Å². The number of hydrogen-bond acceptors (Lipinski definition) is 5. The van der Waals surface area contributed by atoms with E-state index in [0.29, 0.717) is 34.4 Å². The predicted octanol–water partition coefficient (Wildman–Crippen LogP) is 4.54. The first-order valence-corrected chi connectivity index (χ1v) is 10.6. The van der Waals surface area contributed by atoms with Crippen molar-refractivity contribution < 1.29 is 23.9 Å². The summed E-state index contributed by atoms with van der Waals surface area (Å²) in [5, 5.41) is 5.92. The van der Waals surface area contributed by atoms with Gasteiger partial charge in [0.15, 0.2) is 0 Å². The number of ether oxygens (including phenoxy) is 2. The molecule has 1 saturated heterocycles. The molecule has 0 saturated carbocycles. The number of halogens is 1. The molecule has 0 radical (unpaired) electrons. The van der Waals surface area contributed by atoms with Crippen LogP contribution in [0.15, 0.2) is 42.5 Å². The first-order valence-electron chi connectivity index (χ1n) is 10.3. The second-order valence-corrected chi connectivity index (χ2v) is 8.35. The smallest absolute Gasteiger partial charge is 0.411 e. The van der Waals surface area contributed by atoms with Gasteiger partial charge in [-0.05, 0) is 42.3 Å². The molecule has 1 fully saturated rings. The van der Waals surface area contributed by atoms with Crippen molar-refractivity contribution in [2.45, 2.75) is 20.3 Å². The van der Waals surface area contributed by atoms with Crippen molar-refractivity contribution in [2.24, 2.45) is 11.8 Å². The second-order valence-electron chi connectivity index (χ2n) is 7.91. The van der Waals surface area contributed by atoms with Crippen LogP contribution in [0.1, 0.15) is 20.3 Å². The molecule has 1 heterocycles. The van der Waals surface area contributed by atoms with E-state index in [4.69, 9.17) is 21.1 Å². The summed E-state index contributed by atoms with van der Waals surface area (Å²) in [6.07, 6.45) is -0.490. The molecule has 2 aromatic rings. The van der Waals surface area contributed by atoms with Gasteiger partial charge in [0.25, 0.3) is 0 Å². The zero-order chi connectivity index (χ0) is 23.3. The Morgan fingerprint density at radius 1 is 1.16 bits per heavy atom. The van der Waals surface area contributed by atoms with Gasteiger partial charge >= 0.3 is 6.09 Å². The van der Waals surface area contributed by atoms with Crippen LogP contribution in [0.4, 0.5) is 21.9 Å². The van der Waals surface area contributed by atoms with Gasteiger partial charge in [0.05, 0.1) is 25.3 Å². The standard InChI is InChI=1S/C23H26ClN3O5/c1-14(2)13-32-23(30)26-18-6-4-5-17(11-18)25-22(29)15-9-21(28)27(12-15)19-10-16(24)7-8-20(19)31-3/h4-8,10-11,14-15H,9,12-13H2,1-3H3,(H,25,29)(H,26,30). The summed E-state index contributed by atoms with van der Waals surface area (Å²) in [6, 6.07) is 11.7. The molecule has 3 rings (SSSR count). The molecule has 3 amide bonds. The van der Waals surface area contributed by atoms with Crippen LogP contribution in [-0.2, 0) is 14.3 Å². The summed E-state index contributed by atoms with van der Waals surface area (Å²) in [7, 11) is 1.51. The Labute approximate surface area is 191 Å². The number of amides is 3. The van der Waals surface area contributed by atoms with Crippen LogP contribution in [0, 0.1) is 11.8 Å². The number of benzene rings is 2. The molecule has 170 valence electrons. The minimum Gasteiger partial charge on any atom is -0.495 e. The Bertz CT molecular complexity index is 1010. The maximum absolute atomic E-state index is 12.8. The number of carbonyl (C=O) groups excluding carboxylic acids is 3. The fourth-order valence-electron chi connectivity index (χ4n) is 3.31. The highest BCUT2D eigenvalue weighted by Gasteiger charge is 2.36. The van der Waals surface area contributed by atoms with Gasteiger partial charge in [-0.2, -0.15) is 0 Å². The van der Waals surface area contributed by atoms with Crippen LogP contribution >= 0.6 is 11.6 Å². The molecule has 1 atom stereocenters. The number of anilines is 3. The minimum atomic E-state index is -0.560. The first-order chi connectivity index (χ1) is 15.3. The maximum atomic E-state index is 12.8. The van der Waals surface area contributed by atoms with Crippen LogP contribution in [0.5, 0.6) is 5.75 Å². The van der Waals surface area contributed by atoms with Gasteiger partial charge in [-0.3, -0.25) is 14.9 Å². The molecule has 1 aliphatic rings. The van der Waals surface area contributed by atoms with Gasteiger partial charge in [-0.15, -0.1) is 0 Å². The molecule has 1 unspecified atom stereocenters. The number of nitrogens with one attached hydrogen (secondary N) is 2. The van der Waals surface area contributed by atoms with E-state index in [1.807, 2.05) is 13.8 Å². The molecular weight excluding hydrogens is 434 g/mol. The quantitative estimate of drug-likeness (QED) is 0.633. The van der Waals surface area contributed by atoms with Crippen LogP contribution in [-0.4, -0.2) is 38.2 Å². The van der Waals surface area contributed by atoms with Crippen molar-refractivity contribution in [2.75, 3.05) is 35.8 Å². The predicted molar refractivity (Wildman–Crippen MR) is 123 cm³/mol. The fraction of sp³-hybridized carbons (Fsp3) is 0.348. The fourth-order valence-corrected chi connectivity index (χ4v) is 3.47. The van der Waals surface area contributed by atoms with Gasteiger partial charge in [-0.25, -0.2) is 4.79 Å². The minimum absolute atomic E-state index is 0.0704. The highest BCUT2D eigenvalue weighted by atomic mass is 35.5. The van der Waals surface area contributed by atoms with E-state index in [0.717, 1.165) is 0 Å². The average molecular weight is 460 g/mol. The molecule has 2 aromatic carbocycles. The topological polar surface area (TPSA) is 97.0 Å². The van der Waals surface area contributed by atoms with E-state index < -0.39 is 12.0 Å². The summed E-state index contributed by atoms with van der Waals surface area (Å²) < 4.78 is 10.4. The monoisotopic (exact) mass is 459 g/mol. The lowest BCUT2D eigenvalue weighted by atomic mass is 10.1. The number of nitrogens with zero attached hydrogens (tertiary/aromatic N) is 1. The highest BCUT2D eigenvalue weighted by Crippen LogP contribution is 2.35. The molecule has 0 bridgehead atoms. The van der Waals surface area contributed by atoms with E-state index in [2.05, 4.69) is 10.6 Å². The van der Waals surface area contributed by atoms with Crippen molar-refractivity contribution in [1.29, 1.82) is 0 Å². The summed E-state index contributed by atoms with van der Waals surface area (Å²) in [5.41, 5.74) is 1.53. The van der Waals surface area contributed by atoms with Gasteiger partial charge in [0.1, 0.15) is 5.75 Å². The largest absolute Gasteiger partial charge is 0.495 e. The summed E-state index contributed by atoms with van der Waals surface area (Å²) in [5.74, 6) is -0.284. The SMILES string of the molecule is COc1ccc(Cl)cc1N1CC(C(=O)Nc2cccc(NC(=O)OCC(C)C)c2)CC1=O. The Kier molecular flexibility index (Phi) is 7.58. The van der Waals surface area contributed by atoms with Crippen molar-refractivity contribution in [3.05, 3.63) is 47.5 Å². The Balaban J connectivity index is 1.64. The van der Waals surface area contributed by atoms with Crippen LogP contribution in [0.25, 0.3) is 0 Å². The zero-order valence-corrected chi connectivity index (χ0v) is 18.9. The van der Waals surface area contributed by atoms with E-state index >= 15 is 0 Å². The molecule has 0 aromatic heterocycles. The van der Waals surface area contributed by atoms with Crippen molar-refractivity contribution in [3.63, 3.8) is 0 Å². The number of rotatable bonds is 7. The number of methoxy groups -OCH3 is 1. The maximum Gasteiger partial charge on any atom is 0.411 e. The van der Waals surface area contributed by atoms with Gasteiger partial charge in [0, 0.05) is 29.4 Å². The number of hydrogen-bond donors (Lipinski definition) is 2. The Morgan fingerprint density at radius 3 is 2.56 bits per heavy atom.